The number of anilines is 1. The van der Waals surface area contributed by atoms with Crippen LogP contribution in [0.2, 0.25) is 0 Å². The van der Waals surface area contributed by atoms with E-state index in [4.69, 9.17) is 0 Å². The molecule has 1 N–H and O–H groups in total. The van der Waals surface area contributed by atoms with Gasteiger partial charge in [-0.1, -0.05) is 0 Å². The first-order valence-corrected chi connectivity index (χ1v) is 7.02. The van der Waals surface area contributed by atoms with Crippen LogP contribution in [0, 0.1) is 5.92 Å². The quantitative estimate of drug-likeness (QED) is 0.858. The molecule has 1 unspecified atom stereocenters. The van der Waals surface area contributed by atoms with Crippen molar-refractivity contribution in [2.45, 2.75) is 12.8 Å². The van der Waals surface area contributed by atoms with Crippen molar-refractivity contribution >= 4 is 27.5 Å². The number of rotatable bonds is 2. The van der Waals surface area contributed by atoms with Crippen molar-refractivity contribution < 1.29 is 4.79 Å². The zero-order chi connectivity index (χ0) is 14.0. The number of nitrogens with one attached hydrogen (secondary N) is 1. The Morgan fingerprint density at radius 2 is 2.32 bits per heavy atom. The standard InChI is InChI=1S/C12H17BrN4O2/c1-14-11(18)8-4-3-5-17(7-8)9-6-15-16(2)12(19)10(9)13/h6,8H,3-5,7H2,1-2H3,(H,14,18). The summed E-state index contributed by atoms with van der Waals surface area (Å²) >= 11 is 3.33. The van der Waals surface area contributed by atoms with Crippen LogP contribution in [-0.2, 0) is 11.8 Å². The fourth-order valence-corrected chi connectivity index (χ4v) is 2.95. The largest absolute Gasteiger partial charge is 0.368 e. The molecule has 0 aliphatic carbocycles. The molecule has 1 aromatic rings. The highest BCUT2D eigenvalue weighted by molar-refractivity contribution is 9.10. The number of hydrogen-bond acceptors (Lipinski definition) is 4. The van der Waals surface area contributed by atoms with Crippen LogP contribution < -0.4 is 15.8 Å². The van der Waals surface area contributed by atoms with Gasteiger partial charge in [-0.05, 0) is 28.8 Å². The maximum absolute atomic E-state index is 11.9. The van der Waals surface area contributed by atoms with Gasteiger partial charge in [0, 0.05) is 27.2 Å². The third kappa shape index (κ3) is 2.80. The molecule has 2 rings (SSSR count). The molecule has 19 heavy (non-hydrogen) atoms. The molecule has 1 aromatic heterocycles. The van der Waals surface area contributed by atoms with Gasteiger partial charge in [-0.2, -0.15) is 5.10 Å². The molecule has 1 aliphatic heterocycles. The summed E-state index contributed by atoms with van der Waals surface area (Å²) in [6.45, 7) is 1.45. The Hall–Kier alpha value is -1.37. The Balaban J connectivity index is 2.25. The summed E-state index contributed by atoms with van der Waals surface area (Å²) in [6, 6.07) is 0. The second-order valence-corrected chi connectivity index (χ2v) is 5.46. The van der Waals surface area contributed by atoms with Crippen molar-refractivity contribution in [3.05, 3.63) is 21.0 Å². The Morgan fingerprint density at radius 3 is 3.00 bits per heavy atom. The first kappa shape index (κ1) is 14.0. The van der Waals surface area contributed by atoms with Crippen LogP contribution in [-0.4, -0.2) is 35.8 Å². The Kier molecular flexibility index (Phi) is 4.24. The summed E-state index contributed by atoms with van der Waals surface area (Å²) in [5, 5.41) is 6.72. The maximum Gasteiger partial charge on any atom is 0.282 e. The maximum atomic E-state index is 11.9. The Morgan fingerprint density at radius 1 is 1.58 bits per heavy atom. The first-order chi connectivity index (χ1) is 9.04. The molecule has 0 radical (unpaired) electrons. The summed E-state index contributed by atoms with van der Waals surface area (Å²) in [5.41, 5.74) is 0.594. The molecule has 0 spiro atoms. The highest BCUT2D eigenvalue weighted by Gasteiger charge is 2.26. The van der Waals surface area contributed by atoms with E-state index < -0.39 is 0 Å². The molecule has 1 aliphatic rings. The molecular formula is C12H17BrN4O2. The minimum atomic E-state index is -0.167. The zero-order valence-corrected chi connectivity index (χ0v) is 12.6. The third-order valence-electron chi connectivity index (χ3n) is 3.44. The van der Waals surface area contributed by atoms with Crippen molar-refractivity contribution in [1.82, 2.24) is 15.1 Å². The van der Waals surface area contributed by atoms with Crippen LogP contribution in [0.15, 0.2) is 15.5 Å². The van der Waals surface area contributed by atoms with Gasteiger partial charge in [0.25, 0.3) is 5.56 Å². The predicted octanol–water partition coefficient (Wildman–Crippen LogP) is 0.505. The molecule has 0 aromatic carbocycles. The van der Waals surface area contributed by atoms with E-state index in [9.17, 15) is 9.59 Å². The van der Waals surface area contributed by atoms with Crippen molar-refractivity contribution in [3.63, 3.8) is 0 Å². The number of nitrogens with zero attached hydrogens (tertiary/aromatic N) is 3. The Labute approximate surface area is 119 Å². The van der Waals surface area contributed by atoms with E-state index in [-0.39, 0.29) is 17.4 Å². The van der Waals surface area contributed by atoms with Gasteiger partial charge in [-0.25, -0.2) is 4.68 Å². The number of piperidine rings is 1. The average Bonchev–Trinajstić information content (AvgIpc) is 2.44. The SMILES string of the molecule is CNC(=O)C1CCCN(c2cnn(C)c(=O)c2Br)C1. The average molecular weight is 329 g/mol. The molecule has 1 fully saturated rings. The molecule has 1 amide bonds. The number of hydrogen-bond donors (Lipinski definition) is 1. The molecular weight excluding hydrogens is 312 g/mol. The summed E-state index contributed by atoms with van der Waals surface area (Å²) in [4.78, 5) is 25.6. The summed E-state index contributed by atoms with van der Waals surface area (Å²) in [5.74, 6) is 0.0207. The van der Waals surface area contributed by atoms with Gasteiger partial charge in [0.2, 0.25) is 5.91 Å². The van der Waals surface area contributed by atoms with Crippen LogP contribution in [0.4, 0.5) is 5.69 Å². The molecule has 7 heteroatoms. The Bertz CT molecular complexity index is 543. The van der Waals surface area contributed by atoms with Gasteiger partial charge in [0.05, 0.1) is 17.8 Å². The molecule has 1 saturated heterocycles. The van der Waals surface area contributed by atoms with Crippen molar-refractivity contribution in [2.24, 2.45) is 13.0 Å². The number of amides is 1. The number of carbonyl (C=O) groups is 1. The lowest BCUT2D eigenvalue weighted by molar-refractivity contribution is -0.124. The highest BCUT2D eigenvalue weighted by atomic mass is 79.9. The van der Waals surface area contributed by atoms with Gasteiger partial charge in [-0.3, -0.25) is 9.59 Å². The van der Waals surface area contributed by atoms with Crippen molar-refractivity contribution in [2.75, 3.05) is 25.0 Å². The van der Waals surface area contributed by atoms with E-state index in [2.05, 4.69) is 26.3 Å². The summed E-state index contributed by atoms with van der Waals surface area (Å²) in [6.07, 6.45) is 3.48. The second kappa shape index (κ2) is 5.73. The molecule has 6 nitrogen and oxygen atoms in total. The van der Waals surface area contributed by atoms with E-state index in [0.29, 0.717) is 11.0 Å². The van der Waals surface area contributed by atoms with Gasteiger partial charge in [-0.15, -0.1) is 0 Å². The van der Waals surface area contributed by atoms with Gasteiger partial charge >= 0.3 is 0 Å². The highest BCUT2D eigenvalue weighted by Crippen LogP contribution is 2.27. The van der Waals surface area contributed by atoms with Gasteiger partial charge in [0.1, 0.15) is 4.47 Å². The van der Waals surface area contributed by atoms with Crippen LogP contribution in [0.1, 0.15) is 12.8 Å². The van der Waals surface area contributed by atoms with E-state index in [1.807, 2.05) is 4.90 Å². The smallest absolute Gasteiger partial charge is 0.282 e. The summed E-state index contributed by atoms with van der Waals surface area (Å²) in [7, 11) is 3.26. The topological polar surface area (TPSA) is 67.2 Å². The molecule has 104 valence electrons. The molecule has 0 bridgehead atoms. The fraction of sp³-hybridized carbons (Fsp3) is 0.583. The lowest BCUT2D eigenvalue weighted by Gasteiger charge is -2.33. The number of halogens is 1. The van der Waals surface area contributed by atoms with Gasteiger partial charge in [0.15, 0.2) is 0 Å². The van der Waals surface area contributed by atoms with Crippen molar-refractivity contribution in [3.8, 4) is 0 Å². The van der Waals surface area contributed by atoms with Gasteiger partial charge < -0.3 is 10.2 Å². The lowest BCUT2D eigenvalue weighted by Crippen LogP contribution is -2.43. The minimum Gasteiger partial charge on any atom is -0.368 e. The normalized spacial score (nSPS) is 19.3. The van der Waals surface area contributed by atoms with Crippen molar-refractivity contribution in [1.29, 1.82) is 0 Å². The predicted molar refractivity (Wildman–Crippen MR) is 76.2 cm³/mol. The third-order valence-corrected chi connectivity index (χ3v) is 4.18. The molecule has 2 heterocycles. The number of aromatic nitrogens is 2. The van der Waals surface area contributed by atoms with E-state index >= 15 is 0 Å². The van der Waals surface area contributed by atoms with Crippen LogP contribution in [0.3, 0.4) is 0 Å². The fourth-order valence-electron chi connectivity index (χ4n) is 2.34. The van der Waals surface area contributed by atoms with Crippen LogP contribution in [0.25, 0.3) is 0 Å². The van der Waals surface area contributed by atoms with Crippen LogP contribution in [0.5, 0.6) is 0 Å². The molecule has 1 atom stereocenters. The zero-order valence-electron chi connectivity index (χ0n) is 11.0. The molecule has 0 saturated carbocycles. The number of aryl methyl sites for hydroxylation is 1. The monoisotopic (exact) mass is 328 g/mol. The number of carbonyl (C=O) groups excluding carboxylic acids is 1. The lowest BCUT2D eigenvalue weighted by atomic mass is 9.97. The van der Waals surface area contributed by atoms with Crippen LogP contribution >= 0.6 is 15.9 Å². The first-order valence-electron chi connectivity index (χ1n) is 6.23. The second-order valence-electron chi connectivity index (χ2n) is 4.67. The minimum absolute atomic E-state index is 0.0327. The summed E-state index contributed by atoms with van der Waals surface area (Å²) < 4.78 is 1.79. The van der Waals surface area contributed by atoms with E-state index in [1.54, 1.807) is 20.3 Å². The van der Waals surface area contributed by atoms with E-state index in [0.717, 1.165) is 25.1 Å². The van der Waals surface area contributed by atoms with E-state index in [1.165, 1.54) is 4.68 Å².